The molecule has 1 aliphatic rings. The van der Waals surface area contributed by atoms with E-state index in [2.05, 4.69) is 27.3 Å². The summed E-state index contributed by atoms with van der Waals surface area (Å²) in [6, 6.07) is 16.8. The van der Waals surface area contributed by atoms with Crippen molar-refractivity contribution in [2.24, 2.45) is 0 Å². The Morgan fingerprint density at radius 3 is 2.61 bits per heavy atom. The number of nitrogens with zero attached hydrogens (tertiary/aromatic N) is 2. The van der Waals surface area contributed by atoms with E-state index in [-0.39, 0.29) is 0 Å². The number of rotatable bonds is 6. The Kier molecular flexibility index (Phi) is 5.48. The molecule has 1 aliphatic heterocycles. The Morgan fingerprint density at radius 1 is 1.09 bits per heavy atom. The van der Waals surface area contributed by atoms with Crippen LogP contribution < -0.4 is 15.0 Å². The predicted molar refractivity (Wildman–Crippen MR) is 94.1 cm³/mol. The van der Waals surface area contributed by atoms with Gasteiger partial charge >= 0.3 is 0 Å². The highest BCUT2D eigenvalue weighted by Crippen LogP contribution is 2.18. The number of aromatic nitrogens is 1. The first kappa shape index (κ1) is 15.8. The normalized spacial score (nSPS) is 15.6. The quantitative estimate of drug-likeness (QED) is 0.832. The third kappa shape index (κ3) is 4.70. The summed E-state index contributed by atoms with van der Waals surface area (Å²) in [5, 5.41) is 3.60. The van der Waals surface area contributed by atoms with Crippen LogP contribution in [0, 0.1) is 6.92 Å². The van der Waals surface area contributed by atoms with E-state index in [1.165, 1.54) is 0 Å². The molecule has 23 heavy (non-hydrogen) atoms. The van der Waals surface area contributed by atoms with E-state index in [4.69, 9.17) is 4.74 Å². The molecule has 0 amide bonds. The molecule has 3 rings (SSSR count). The molecule has 4 nitrogen and oxygen atoms in total. The maximum atomic E-state index is 5.72. The third-order valence-corrected chi connectivity index (χ3v) is 4.24. The van der Waals surface area contributed by atoms with E-state index in [1.807, 2.05) is 43.3 Å². The third-order valence-electron chi connectivity index (χ3n) is 4.24. The fraction of sp³-hybridized carbons (Fsp3) is 0.421. The second-order valence-corrected chi connectivity index (χ2v) is 6.01. The summed E-state index contributed by atoms with van der Waals surface area (Å²) in [6.07, 6.45) is 2.31. The molecule has 4 heteroatoms. The Labute approximate surface area is 138 Å². The molecule has 0 spiro atoms. The molecule has 2 heterocycles. The predicted octanol–water partition coefficient (Wildman–Crippen LogP) is 3.03. The zero-order chi connectivity index (χ0) is 15.9. The summed E-state index contributed by atoms with van der Waals surface area (Å²) in [4.78, 5) is 7.00. The molecule has 0 aliphatic carbocycles. The summed E-state index contributed by atoms with van der Waals surface area (Å²) in [7, 11) is 0. The van der Waals surface area contributed by atoms with Gasteiger partial charge in [0.2, 0.25) is 0 Å². The highest BCUT2D eigenvalue weighted by Gasteiger charge is 2.19. The number of para-hydroxylation sites is 1. The van der Waals surface area contributed by atoms with E-state index < -0.39 is 0 Å². The van der Waals surface area contributed by atoms with E-state index in [9.17, 15) is 0 Å². The van der Waals surface area contributed by atoms with Gasteiger partial charge < -0.3 is 15.0 Å². The zero-order valence-electron chi connectivity index (χ0n) is 13.7. The molecule has 1 N–H and O–H groups in total. The fourth-order valence-corrected chi connectivity index (χ4v) is 2.97. The minimum atomic E-state index is 0.579. The second-order valence-electron chi connectivity index (χ2n) is 6.01. The smallest absolute Gasteiger partial charge is 0.128 e. The number of hydrogen-bond acceptors (Lipinski definition) is 4. The van der Waals surface area contributed by atoms with Crippen molar-refractivity contribution < 1.29 is 4.74 Å². The molecule has 0 unspecified atom stereocenters. The van der Waals surface area contributed by atoms with Crippen LogP contribution in [-0.2, 0) is 0 Å². The molecule has 1 saturated heterocycles. The lowest BCUT2D eigenvalue weighted by Gasteiger charge is -2.33. The largest absolute Gasteiger partial charge is 0.492 e. The first-order valence-corrected chi connectivity index (χ1v) is 8.41. The van der Waals surface area contributed by atoms with E-state index >= 15 is 0 Å². The number of nitrogens with one attached hydrogen (secondary N) is 1. The summed E-state index contributed by atoms with van der Waals surface area (Å²) in [6.45, 7) is 5.78. The van der Waals surface area contributed by atoms with Gasteiger partial charge in [-0.25, -0.2) is 4.98 Å². The van der Waals surface area contributed by atoms with Gasteiger partial charge in [0.1, 0.15) is 18.2 Å². The van der Waals surface area contributed by atoms with E-state index in [1.54, 1.807) is 0 Å². The number of anilines is 1. The van der Waals surface area contributed by atoms with Crippen LogP contribution >= 0.6 is 0 Å². The van der Waals surface area contributed by atoms with Crippen LogP contribution in [-0.4, -0.2) is 37.3 Å². The van der Waals surface area contributed by atoms with Gasteiger partial charge in [0.25, 0.3) is 0 Å². The molecule has 2 aromatic rings. The average Bonchev–Trinajstić information content (AvgIpc) is 2.60. The molecular weight excluding hydrogens is 286 g/mol. The summed E-state index contributed by atoms with van der Waals surface area (Å²) in [5.41, 5.74) is 1.08. The lowest BCUT2D eigenvalue weighted by molar-refractivity contribution is 0.296. The molecule has 122 valence electrons. The van der Waals surface area contributed by atoms with Crippen molar-refractivity contribution >= 4 is 5.82 Å². The monoisotopic (exact) mass is 311 g/mol. The lowest BCUT2D eigenvalue weighted by atomic mass is 10.1. The van der Waals surface area contributed by atoms with Gasteiger partial charge in [-0.15, -0.1) is 0 Å². The lowest BCUT2D eigenvalue weighted by Crippen LogP contribution is -2.43. The van der Waals surface area contributed by atoms with Gasteiger partial charge in [0.05, 0.1) is 0 Å². The highest BCUT2D eigenvalue weighted by atomic mass is 16.5. The molecular formula is C19H25N3O. The maximum absolute atomic E-state index is 5.72. The van der Waals surface area contributed by atoms with Gasteiger partial charge in [-0.1, -0.05) is 24.3 Å². The number of pyridine rings is 1. The molecule has 1 fully saturated rings. The van der Waals surface area contributed by atoms with Gasteiger partial charge in [-0.3, -0.25) is 0 Å². The van der Waals surface area contributed by atoms with Crippen LogP contribution in [0.2, 0.25) is 0 Å². The van der Waals surface area contributed by atoms with Crippen molar-refractivity contribution in [3.05, 3.63) is 54.2 Å². The van der Waals surface area contributed by atoms with Crippen molar-refractivity contribution in [2.75, 3.05) is 31.1 Å². The second kappa shape index (κ2) is 7.97. The topological polar surface area (TPSA) is 37.4 Å². The van der Waals surface area contributed by atoms with Crippen LogP contribution in [0.5, 0.6) is 5.75 Å². The van der Waals surface area contributed by atoms with Crippen molar-refractivity contribution in [3.63, 3.8) is 0 Å². The van der Waals surface area contributed by atoms with Gasteiger partial charge in [0, 0.05) is 31.4 Å². The highest BCUT2D eigenvalue weighted by molar-refractivity contribution is 5.39. The number of benzene rings is 1. The number of hydrogen-bond donors (Lipinski definition) is 1. The Hall–Kier alpha value is -2.07. The molecule has 1 aromatic carbocycles. The SMILES string of the molecule is Cc1cccc(N2CCC(NCCOc3ccccc3)CC2)n1. The van der Waals surface area contributed by atoms with Crippen molar-refractivity contribution in [1.82, 2.24) is 10.3 Å². The Balaban J connectivity index is 1.36. The number of piperidine rings is 1. The van der Waals surface area contributed by atoms with E-state index in [0.717, 1.165) is 49.7 Å². The van der Waals surface area contributed by atoms with Crippen LogP contribution in [0.25, 0.3) is 0 Å². The van der Waals surface area contributed by atoms with Crippen LogP contribution in [0.4, 0.5) is 5.82 Å². The number of ether oxygens (including phenoxy) is 1. The molecule has 0 atom stereocenters. The zero-order valence-corrected chi connectivity index (χ0v) is 13.7. The first-order valence-electron chi connectivity index (χ1n) is 8.41. The molecule has 0 bridgehead atoms. The van der Waals surface area contributed by atoms with Crippen LogP contribution in [0.15, 0.2) is 48.5 Å². The van der Waals surface area contributed by atoms with Crippen molar-refractivity contribution in [3.8, 4) is 5.75 Å². The van der Waals surface area contributed by atoms with Crippen LogP contribution in [0.1, 0.15) is 18.5 Å². The number of aryl methyl sites for hydroxylation is 1. The van der Waals surface area contributed by atoms with Gasteiger partial charge in [-0.05, 0) is 44.0 Å². The average molecular weight is 311 g/mol. The summed E-state index contributed by atoms with van der Waals surface area (Å²) < 4.78 is 5.72. The first-order chi connectivity index (χ1) is 11.3. The van der Waals surface area contributed by atoms with E-state index in [0.29, 0.717) is 12.6 Å². The fourth-order valence-electron chi connectivity index (χ4n) is 2.97. The van der Waals surface area contributed by atoms with Crippen LogP contribution in [0.3, 0.4) is 0 Å². The van der Waals surface area contributed by atoms with Gasteiger partial charge in [-0.2, -0.15) is 0 Å². The standard InChI is InChI=1S/C19H25N3O/c1-16-6-5-9-19(21-16)22-13-10-17(11-14-22)20-12-15-23-18-7-3-2-4-8-18/h2-9,17,20H,10-15H2,1H3. The Morgan fingerprint density at radius 2 is 1.87 bits per heavy atom. The van der Waals surface area contributed by atoms with Crippen molar-refractivity contribution in [1.29, 1.82) is 0 Å². The van der Waals surface area contributed by atoms with Crippen molar-refractivity contribution in [2.45, 2.75) is 25.8 Å². The molecule has 1 aromatic heterocycles. The minimum absolute atomic E-state index is 0.579. The molecule has 0 saturated carbocycles. The summed E-state index contributed by atoms with van der Waals surface area (Å²) in [5.74, 6) is 2.05. The maximum Gasteiger partial charge on any atom is 0.128 e. The molecule has 0 radical (unpaired) electrons. The van der Waals surface area contributed by atoms with Gasteiger partial charge in [0.15, 0.2) is 0 Å². The summed E-state index contributed by atoms with van der Waals surface area (Å²) >= 11 is 0. The minimum Gasteiger partial charge on any atom is -0.492 e. The Bertz CT molecular complexity index is 595.